The molecule has 0 spiro atoms. The van der Waals surface area contributed by atoms with E-state index in [0.717, 1.165) is 17.7 Å². The van der Waals surface area contributed by atoms with Crippen LogP contribution in [0.2, 0.25) is 0 Å². The molecule has 0 saturated carbocycles. The molecule has 0 aromatic heterocycles. The van der Waals surface area contributed by atoms with Crippen molar-refractivity contribution in [2.45, 2.75) is 33.2 Å². The van der Waals surface area contributed by atoms with Gasteiger partial charge >= 0.3 is 0 Å². The molecule has 33 heavy (non-hydrogen) atoms. The highest BCUT2D eigenvalue weighted by molar-refractivity contribution is 5.97. The number of likely N-dealkylation sites (N-methyl/N-ethyl adjacent to an activating group) is 1. The quantitative estimate of drug-likeness (QED) is 0.471. The van der Waals surface area contributed by atoms with Crippen LogP contribution in [0.3, 0.4) is 0 Å². The fourth-order valence-corrected chi connectivity index (χ4v) is 4.27. The fraction of sp³-hybridized carbons (Fsp3) is 0.345. The van der Waals surface area contributed by atoms with E-state index < -0.39 is 6.04 Å². The summed E-state index contributed by atoms with van der Waals surface area (Å²) in [6, 6.07) is 24.3. The Hall–Kier alpha value is -2.95. The van der Waals surface area contributed by atoms with Gasteiger partial charge in [-0.25, -0.2) is 0 Å². The molecular formula is C29H37N2O2+. The first-order valence-corrected chi connectivity index (χ1v) is 11.7. The summed E-state index contributed by atoms with van der Waals surface area (Å²) in [6.45, 7) is 7.36. The number of carbonyl (C=O) groups excluding carboxylic acids is 1. The Kier molecular flexibility index (Phi) is 8.06. The molecule has 1 N–H and O–H groups in total. The highest BCUT2D eigenvalue weighted by Gasteiger charge is 2.39. The van der Waals surface area contributed by atoms with E-state index in [-0.39, 0.29) is 12.5 Å². The van der Waals surface area contributed by atoms with Crippen LogP contribution in [-0.2, 0) is 11.2 Å². The van der Waals surface area contributed by atoms with Crippen molar-refractivity contribution in [3.63, 3.8) is 0 Å². The lowest BCUT2D eigenvalue weighted by molar-refractivity contribution is -0.911. The van der Waals surface area contributed by atoms with Gasteiger partial charge in [0.05, 0.1) is 20.7 Å². The van der Waals surface area contributed by atoms with Crippen molar-refractivity contribution < 1.29 is 14.4 Å². The third-order valence-corrected chi connectivity index (χ3v) is 6.54. The number of aliphatic hydroxyl groups is 1. The Morgan fingerprint density at radius 3 is 2.18 bits per heavy atom. The number of anilines is 1. The Morgan fingerprint density at radius 2 is 1.58 bits per heavy atom. The molecule has 3 aromatic carbocycles. The maximum absolute atomic E-state index is 14.3. The van der Waals surface area contributed by atoms with Gasteiger partial charge in [-0.2, -0.15) is 0 Å². The maximum Gasteiger partial charge on any atom is 0.290 e. The zero-order chi connectivity index (χ0) is 24.0. The zero-order valence-electron chi connectivity index (χ0n) is 20.6. The minimum absolute atomic E-state index is 0.0244. The lowest BCUT2D eigenvalue weighted by atomic mass is 10.0. The molecule has 0 aliphatic carbocycles. The summed E-state index contributed by atoms with van der Waals surface area (Å²) in [7, 11) is 4.04. The second kappa shape index (κ2) is 10.8. The largest absolute Gasteiger partial charge is 0.391 e. The first kappa shape index (κ1) is 24.7. The van der Waals surface area contributed by atoms with E-state index in [1.54, 1.807) is 0 Å². The zero-order valence-corrected chi connectivity index (χ0v) is 20.6. The van der Waals surface area contributed by atoms with Crippen LogP contribution >= 0.6 is 0 Å². The first-order chi connectivity index (χ1) is 15.7. The van der Waals surface area contributed by atoms with Crippen LogP contribution < -0.4 is 4.90 Å². The topological polar surface area (TPSA) is 40.5 Å². The molecule has 1 atom stereocenters. The van der Waals surface area contributed by atoms with Gasteiger partial charge < -0.3 is 14.5 Å². The average molecular weight is 446 g/mol. The number of quaternary nitrogens is 1. The van der Waals surface area contributed by atoms with Gasteiger partial charge in [-0.05, 0) is 56.0 Å². The molecule has 4 heteroatoms. The molecule has 1 unspecified atom stereocenters. The predicted molar refractivity (Wildman–Crippen MR) is 136 cm³/mol. The van der Waals surface area contributed by atoms with Crippen molar-refractivity contribution in [3.05, 3.63) is 101 Å². The van der Waals surface area contributed by atoms with E-state index in [0.29, 0.717) is 17.6 Å². The molecule has 0 radical (unpaired) electrons. The highest BCUT2D eigenvalue weighted by atomic mass is 16.3. The normalized spacial score (nSPS) is 12.4. The summed E-state index contributed by atoms with van der Waals surface area (Å²) in [5, 5.41) is 9.74. The summed E-state index contributed by atoms with van der Waals surface area (Å²) in [4.78, 5) is 16.2. The Bertz CT molecular complexity index is 1060. The second-order valence-electron chi connectivity index (χ2n) is 9.53. The van der Waals surface area contributed by atoms with Crippen LogP contribution in [0.4, 0.5) is 5.69 Å². The van der Waals surface area contributed by atoms with Crippen LogP contribution in [0.15, 0.2) is 72.8 Å². The monoisotopic (exact) mass is 445 g/mol. The van der Waals surface area contributed by atoms with Gasteiger partial charge in [-0.15, -0.1) is 0 Å². The van der Waals surface area contributed by atoms with Crippen molar-refractivity contribution in [2.24, 2.45) is 0 Å². The number of aliphatic hydroxyl groups excluding tert-OH is 1. The Balaban J connectivity index is 2.02. The van der Waals surface area contributed by atoms with Gasteiger partial charge in [-0.3, -0.25) is 4.79 Å². The number of aryl methyl sites for hydroxylation is 3. The van der Waals surface area contributed by atoms with E-state index in [4.69, 9.17) is 0 Å². The van der Waals surface area contributed by atoms with Crippen molar-refractivity contribution in [3.8, 4) is 0 Å². The van der Waals surface area contributed by atoms with Gasteiger partial charge in [0.25, 0.3) is 5.91 Å². The first-order valence-electron chi connectivity index (χ1n) is 11.7. The summed E-state index contributed by atoms with van der Waals surface area (Å²) in [5.74, 6) is 0.0509. The van der Waals surface area contributed by atoms with Crippen molar-refractivity contribution >= 4 is 11.6 Å². The van der Waals surface area contributed by atoms with Gasteiger partial charge in [-0.1, -0.05) is 66.2 Å². The number of carbonyl (C=O) groups is 1. The number of nitrogens with zero attached hydrogens (tertiary/aromatic N) is 2. The number of hydrogen-bond acceptors (Lipinski definition) is 2. The molecule has 3 rings (SSSR count). The second-order valence-corrected chi connectivity index (χ2v) is 9.53. The molecule has 0 aliphatic heterocycles. The minimum Gasteiger partial charge on any atom is -0.391 e. The summed E-state index contributed by atoms with van der Waals surface area (Å²) >= 11 is 0. The van der Waals surface area contributed by atoms with Crippen LogP contribution in [-0.4, -0.2) is 49.3 Å². The van der Waals surface area contributed by atoms with Crippen LogP contribution in [0.25, 0.3) is 0 Å². The molecule has 0 saturated heterocycles. The number of rotatable bonds is 9. The van der Waals surface area contributed by atoms with Gasteiger partial charge in [0, 0.05) is 17.8 Å². The third-order valence-electron chi connectivity index (χ3n) is 6.54. The molecule has 4 nitrogen and oxygen atoms in total. The summed E-state index contributed by atoms with van der Waals surface area (Å²) < 4.78 is 0.380. The third kappa shape index (κ3) is 6.10. The lowest BCUT2D eigenvalue weighted by Gasteiger charge is -2.39. The van der Waals surface area contributed by atoms with Crippen molar-refractivity contribution in [1.82, 2.24) is 0 Å². The molecule has 174 valence electrons. The summed E-state index contributed by atoms with van der Waals surface area (Å²) in [5.41, 5.74) is 6.70. The molecule has 0 bridgehead atoms. The lowest BCUT2D eigenvalue weighted by Crippen LogP contribution is -2.53. The number of hydrogen-bond donors (Lipinski definition) is 1. The van der Waals surface area contributed by atoms with Crippen molar-refractivity contribution in [2.75, 3.05) is 38.7 Å². The highest BCUT2D eigenvalue weighted by Crippen LogP contribution is 2.30. The summed E-state index contributed by atoms with van der Waals surface area (Å²) in [6.07, 6.45) is 0.772. The Morgan fingerprint density at radius 1 is 0.909 bits per heavy atom. The van der Waals surface area contributed by atoms with Gasteiger partial charge in [0.1, 0.15) is 6.54 Å². The van der Waals surface area contributed by atoms with E-state index in [9.17, 15) is 9.90 Å². The SMILES string of the molecule is Cc1ccc(CCN(C(=O)C(c2ccccc2)[N+](C)(C)CCO)c2ccc(C)c(C)c2)cc1. The molecule has 1 amide bonds. The van der Waals surface area contributed by atoms with Crippen molar-refractivity contribution in [1.29, 1.82) is 0 Å². The van der Waals surface area contributed by atoms with Crippen LogP contribution in [0, 0.1) is 20.8 Å². The van der Waals surface area contributed by atoms with Gasteiger partial charge in [0.2, 0.25) is 0 Å². The molecule has 3 aromatic rings. The molecular weight excluding hydrogens is 408 g/mol. The van der Waals surface area contributed by atoms with E-state index in [1.807, 2.05) is 55.4 Å². The van der Waals surface area contributed by atoms with E-state index in [2.05, 4.69) is 57.2 Å². The van der Waals surface area contributed by atoms with Gasteiger partial charge in [0.15, 0.2) is 6.04 Å². The standard InChI is InChI=1S/C29H37N2O2/c1-22-11-14-25(15-12-22)17-18-30(27-16-13-23(2)24(3)21-27)29(33)28(31(4,5)19-20-32)26-9-7-6-8-10-26/h6-16,21,28,32H,17-20H2,1-5H3/q+1. The predicted octanol–water partition coefficient (Wildman–Crippen LogP) is 5.00. The molecule has 0 fully saturated rings. The van der Waals surface area contributed by atoms with Crippen LogP contribution in [0.1, 0.15) is 33.9 Å². The Labute approximate surface area is 198 Å². The average Bonchev–Trinajstić information content (AvgIpc) is 2.78. The van der Waals surface area contributed by atoms with E-state index in [1.165, 1.54) is 22.3 Å². The van der Waals surface area contributed by atoms with Crippen LogP contribution in [0.5, 0.6) is 0 Å². The smallest absolute Gasteiger partial charge is 0.290 e. The number of benzene rings is 3. The number of amides is 1. The maximum atomic E-state index is 14.3. The molecule has 0 aliphatic rings. The fourth-order valence-electron chi connectivity index (χ4n) is 4.27. The minimum atomic E-state index is -0.419. The van der Waals surface area contributed by atoms with E-state index >= 15 is 0 Å². The molecule has 0 heterocycles.